The molecular formula is C12H15BrClF3N2O. The van der Waals surface area contributed by atoms with Crippen molar-refractivity contribution in [2.75, 3.05) is 13.6 Å². The molecule has 114 valence electrons. The second-order valence-electron chi connectivity index (χ2n) is 4.09. The van der Waals surface area contributed by atoms with Gasteiger partial charge in [-0.1, -0.05) is 15.9 Å². The van der Waals surface area contributed by atoms with E-state index >= 15 is 0 Å². The zero-order chi connectivity index (χ0) is 14.6. The maximum Gasteiger partial charge on any atom is 0.417 e. The molecule has 0 aliphatic heterocycles. The minimum atomic E-state index is -4.56. The molecule has 0 bridgehead atoms. The Kier molecular flexibility index (Phi) is 7.54. The van der Waals surface area contributed by atoms with E-state index in [1.165, 1.54) is 6.07 Å². The van der Waals surface area contributed by atoms with E-state index in [4.69, 9.17) is 0 Å². The Hall–Kier alpha value is -0.790. The molecule has 1 amide bonds. The van der Waals surface area contributed by atoms with E-state index in [1.54, 1.807) is 7.05 Å². The van der Waals surface area contributed by atoms with Gasteiger partial charge in [-0.15, -0.1) is 12.4 Å². The molecule has 3 nitrogen and oxygen atoms in total. The number of halogens is 5. The van der Waals surface area contributed by atoms with Crippen molar-refractivity contribution in [3.63, 3.8) is 0 Å². The summed E-state index contributed by atoms with van der Waals surface area (Å²) in [6.07, 6.45) is -4.56. The molecule has 0 heterocycles. The van der Waals surface area contributed by atoms with Crippen LogP contribution in [0.25, 0.3) is 0 Å². The first kappa shape index (κ1) is 19.2. The summed E-state index contributed by atoms with van der Waals surface area (Å²) in [5.74, 6) is -0.734. The van der Waals surface area contributed by atoms with E-state index in [-0.39, 0.29) is 35.0 Å². The average molecular weight is 376 g/mol. The van der Waals surface area contributed by atoms with Gasteiger partial charge in [-0.2, -0.15) is 13.2 Å². The van der Waals surface area contributed by atoms with Crippen molar-refractivity contribution in [2.24, 2.45) is 0 Å². The van der Waals surface area contributed by atoms with Gasteiger partial charge in [0.1, 0.15) is 0 Å². The Morgan fingerprint density at radius 3 is 2.50 bits per heavy atom. The summed E-state index contributed by atoms with van der Waals surface area (Å²) in [6.45, 7) is 2.06. The number of amides is 1. The fraction of sp³-hybridized carbons (Fsp3) is 0.417. The van der Waals surface area contributed by atoms with Crippen molar-refractivity contribution in [3.05, 3.63) is 33.8 Å². The summed E-state index contributed by atoms with van der Waals surface area (Å²) in [5.41, 5.74) is -1.32. The smallest absolute Gasteiger partial charge is 0.350 e. The molecule has 8 heteroatoms. The standard InChI is InChI=1S/C12H14BrF3N2O.ClH/c1-7(17-2)6-18-11(19)9-4-3-8(13)5-10(9)12(14,15)16;/h3-5,7,17H,6H2,1-2H3,(H,18,19);1H. The van der Waals surface area contributed by atoms with E-state index in [2.05, 4.69) is 26.6 Å². The number of hydrogen-bond donors (Lipinski definition) is 2. The zero-order valence-electron chi connectivity index (χ0n) is 10.8. The molecule has 0 fully saturated rings. The van der Waals surface area contributed by atoms with Gasteiger partial charge in [0, 0.05) is 17.1 Å². The average Bonchev–Trinajstić information content (AvgIpc) is 2.34. The summed E-state index contributed by atoms with van der Waals surface area (Å²) < 4.78 is 38.8. The summed E-state index contributed by atoms with van der Waals surface area (Å²) >= 11 is 2.97. The first-order chi connectivity index (χ1) is 8.75. The van der Waals surface area contributed by atoms with Crippen LogP contribution in [0.4, 0.5) is 13.2 Å². The molecule has 0 saturated heterocycles. The number of benzene rings is 1. The lowest BCUT2D eigenvalue weighted by molar-refractivity contribution is -0.138. The van der Waals surface area contributed by atoms with Crippen LogP contribution in [-0.4, -0.2) is 25.5 Å². The molecule has 1 aromatic rings. The highest BCUT2D eigenvalue weighted by Crippen LogP contribution is 2.33. The van der Waals surface area contributed by atoms with Crippen molar-refractivity contribution >= 4 is 34.2 Å². The van der Waals surface area contributed by atoms with Crippen LogP contribution in [0.3, 0.4) is 0 Å². The monoisotopic (exact) mass is 374 g/mol. The van der Waals surface area contributed by atoms with Crippen LogP contribution in [0.1, 0.15) is 22.8 Å². The largest absolute Gasteiger partial charge is 0.417 e. The third-order valence-electron chi connectivity index (χ3n) is 2.59. The van der Waals surface area contributed by atoms with E-state index in [9.17, 15) is 18.0 Å². The van der Waals surface area contributed by atoms with Gasteiger partial charge in [-0.3, -0.25) is 4.79 Å². The van der Waals surface area contributed by atoms with Crippen molar-refractivity contribution in [1.82, 2.24) is 10.6 Å². The Bertz CT molecular complexity index is 469. The van der Waals surface area contributed by atoms with Crippen LogP contribution in [0.2, 0.25) is 0 Å². The Labute approximate surface area is 129 Å². The van der Waals surface area contributed by atoms with Crippen molar-refractivity contribution in [3.8, 4) is 0 Å². The van der Waals surface area contributed by atoms with Crippen LogP contribution >= 0.6 is 28.3 Å². The molecule has 1 atom stereocenters. The summed E-state index contributed by atoms with van der Waals surface area (Å²) in [7, 11) is 1.71. The van der Waals surface area contributed by atoms with Gasteiger partial charge in [0.25, 0.3) is 5.91 Å². The first-order valence-electron chi connectivity index (χ1n) is 5.58. The molecule has 0 aliphatic carbocycles. The van der Waals surface area contributed by atoms with Crippen molar-refractivity contribution in [2.45, 2.75) is 19.1 Å². The van der Waals surface area contributed by atoms with Crippen LogP contribution in [0, 0.1) is 0 Å². The minimum absolute atomic E-state index is 0. The van der Waals surface area contributed by atoms with Crippen LogP contribution in [0.15, 0.2) is 22.7 Å². The van der Waals surface area contributed by atoms with Gasteiger partial charge in [-0.25, -0.2) is 0 Å². The molecule has 0 aromatic heterocycles. The minimum Gasteiger partial charge on any atom is -0.350 e. The summed E-state index contributed by atoms with van der Waals surface area (Å²) in [5, 5.41) is 5.35. The number of hydrogen-bond acceptors (Lipinski definition) is 2. The number of alkyl halides is 3. The highest BCUT2D eigenvalue weighted by atomic mass is 79.9. The molecule has 1 rings (SSSR count). The fourth-order valence-electron chi connectivity index (χ4n) is 1.39. The summed E-state index contributed by atoms with van der Waals surface area (Å²) in [4.78, 5) is 11.8. The third-order valence-corrected chi connectivity index (χ3v) is 3.09. The number of nitrogens with one attached hydrogen (secondary N) is 2. The van der Waals surface area contributed by atoms with Crippen molar-refractivity contribution < 1.29 is 18.0 Å². The number of carbonyl (C=O) groups excluding carboxylic acids is 1. The lowest BCUT2D eigenvalue weighted by Gasteiger charge is -2.15. The SMILES string of the molecule is CNC(C)CNC(=O)c1ccc(Br)cc1C(F)(F)F.Cl. The second kappa shape index (κ2) is 7.85. The predicted octanol–water partition coefficient (Wildman–Crippen LogP) is 3.23. The molecule has 2 N–H and O–H groups in total. The van der Waals surface area contributed by atoms with Gasteiger partial charge >= 0.3 is 6.18 Å². The Balaban J connectivity index is 0.00000361. The van der Waals surface area contributed by atoms with Gasteiger partial charge in [-0.05, 0) is 32.2 Å². The van der Waals surface area contributed by atoms with Gasteiger partial charge in [0.2, 0.25) is 0 Å². The topological polar surface area (TPSA) is 41.1 Å². The Morgan fingerprint density at radius 2 is 2.00 bits per heavy atom. The van der Waals surface area contributed by atoms with E-state index in [0.29, 0.717) is 0 Å². The summed E-state index contributed by atoms with van der Waals surface area (Å²) in [6, 6.07) is 3.45. The van der Waals surface area contributed by atoms with Gasteiger partial charge in [0.05, 0.1) is 11.1 Å². The number of likely N-dealkylation sites (N-methyl/N-ethyl adjacent to an activating group) is 1. The quantitative estimate of drug-likeness (QED) is 0.848. The molecule has 1 aromatic carbocycles. The fourth-order valence-corrected chi connectivity index (χ4v) is 1.75. The molecular weight excluding hydrogens is 360 g/mol. The van der Waals surface area contributed by atoms with E-state index in [0.717, 1.165) is 12.1 Å². The number of rotatable bonds is 4. The van der Waals surface area contributed by atoms with Gasteiger partial charge in [0.15, 0.2) is 0 Å². The van der Waals surface area contributed by atoms with Crippen molar-refractivity contribution in [1.29, 1.82) is 0 Å². The zero-order valence-corrected chi connectivity index (χ0v) is 13.2. The molecule has 0 aliphatic rings. The molecule has 0 radical (unpaired) electrons. The molecule has 0 saturated carbocycles. The second-order valence-corrected chi connectivity index (χ2v) is 5.00. The van der Waals surface area contributed by atoms with E-state index in [1.807, 2.05) is 6.92 Å². The maximum atomic E-state index is 12.8. The molecule has 20 heavy (non-hydrogen) atoms. The number of carbonyl (C=O) groups is 1. The highest BCUT2D eigenvalue weighted by Gasteiger charge is 2.35. The highest BCUT2D eigenvalue weighted by molar-refractivity contribution is 9.10. The van der Waals surface area contributed by atoms with Crippen LogP contribution in [0.5, 0.6) is 0 Å². The van der Waals surface area contributed by atoms with E-state index < -0.39 is 17.6 Å². The maximum absolute atomic E-state index is 12.8. The first-order valence-corrected chi connectivity index (χ1v) is 6.37. The molecule has 1 unspecified atom stereocenters. The predicted molar refractivity (Wildman–Crippen MR) is 77.2 cm³/mol. The third kappa shape index (κ3) is 5.30. The molecule has 0 spiro atoms. The van der Waals surface area contributed by atoms with Gasteiger partial charge < -0.3 is 10.6 Å². The normalized spacial score (nSPS) is 12.5. The lowest BCUT2D eigenvalue weighted by atomic mass is 10.1. The van der Waals surface area contributed by atoms with Crippen LogP contribution in [-0.2, 0) is 6.18 Å². The lowest BCUT2D eigenvalue weighted by Crippen LogP contribution is -2.37. The van der Waals surface area contributed by atoms with Crippen LogP contribution < -0.4 is 10.6 Å². The Morgan fingerprint density at radius 1 is 1.40 bits per heavy atom.